The fourth-order valence-electron chi connectivity index (χ4n) is 3.50. The molecule has 0 aromatic heterocycles. The maximum Gasteiger partial charge on any atom is 0.317 e. The molecule has 1 aromatic rings. The van der Waals surface area contributed by atoms with Crippen LogP contribution >= 0.6 is 0 Å². The van der Waals surface area contributed by atoms with Crippen LogP contribution in [0, 0.1) is 0 Å². The van der Waals surface area contributed by atoms with Crippen molar-refractivity contribution in [1.29, 1.82) is 0 Å². The summed E-state index contributed by atoms with van der Waals surface area (Å²) in [4.78, 5) is 13.3. The number of piperidine rings is 1. The molecular weight excluding hydrogens is 364 g/mol. The van der Waals surface area contributed by atoms with Gasteiger partial charge in [-0.2, -0.15) is 0 Å². The average Bonchev–Trinajstić information content (AvgIpc) is 2.60. The monoisotopic (exact) mass is 396 g/mol. The summed E-state index contributed by atoms with van der Waals surface area (Å²) in [7, 11) is -3.17. The van der Waals surface area contributed by atoms with E-state index in [4.69, 9.17) is 0 Å². The van der Waals surface area contributed by atoms with Crippen LogP contribution in [0.3, 0.4) is 0 Å². The molecule has 2 rings (SSSR count). The first kappa shape index (κ1) is 21.9. The maximum absolute atomic E-state index is 12.0. The Bertz CT molecular complexity index is 730. The second-order valence-corrected chi connectivity index (χ2v) is 10.5. The SMILES string of the molecule is CCS(=O)(=O)N1CCC(N(CC(=O)O)Cc2ccc(C(C)(C)C)cc2)CC1. The molecule has 27 heavy (non-hydrogen) atoms. The Morgan fingerprint density at radius 1 is 1.19 bits per heavy atom. The van der Waals surface area contributed by atoms with E-state index in [9.17, 15) is 18.3 Å². The lowest BCUT2D eigenvalue weighted by atomic mass is 9.86. The smallest absolute Gasteiger partial charge is 0.317 e. The minimum atomic E-state index is -3.17. The second kappa shape index (κ2) is 8.71. The quantitative estimate of drug-likeness (QED) is 0.767. The summed E-state index contributed by atoms with van der Waals surface area (Å²) in [6.07, 6.45) is 1.32. The highest BCUT2D eigenvalue weighted by Crippen LogP contribution is 2.24. The van der Waals surface area contributed by atoms with E-state index >= 15 is 0 Å². The molecule has 7 heteroatoms. The molecule has 0 aliphatic carbocycles. The van der Waals surface area contributed by atoms with Gasteiger partial charge in [0.05, 0.1) is 12.3 Å². The van der Waals surface area contributed by atoms with Crippen molar-refractivity contribution < 1.29 is 18.3 Å². The third-order valence-corrected chi connectivity index (χ3v) is 7.12. The predicted octanol–water partition coefficient (Wildman–Crippen LogP) is 2.68. The van der Waals surface area contributed by atoms with Gasteiger partial charge in [-0.05, 0) is 36.3 Å². The largest absolute Gasteiger partial charge is 0.480 e. The van der Waals surface area contributed by atoms with E-state index in [1.54, 1.807) is 6.92 Å². The maximum atomic E-state index is 12.0. The zero-order valence-electron chi connectivity index (χ0n) is 16.8. The number of carboxylic acids is 1. The minimum Gasteiger partial charge on any atom is -0.480 e. The van der Waals surface area contributed by atoms with Crippen molar-refractivity contribution >= 4 is 16.0 Å². The van der Waals surface area contributed by atoms with Crippen molar-refractivity contribution in [3.05, 3.63) is 35.4 Å². The van der Waals surface area contributed by atoms with E-state index in [1.165, 1.54) is 9.87 Å². The number of carbonyl (C=O) groups is 1. The van der Waals surface area contributed by atoms with Gasteiger partial charge in [0.1, 0.15) is 0 Å². The molecule has 6 nitrogen and oxygen atoms in total. The van der Waals surface area contributed by atoms with Gasteiger partial charge in [-0.25, -0.2) is 12.7 Å². The van der Waals surface area contributed by atoms with Crippen LogP contribution in [0.4, 0.5) is 0 Å². The average molecular weight is 397 g/mol. The summed E-state index contributed by atoms with van der Waals surface area (Å²) >= 11 is 0. The highest BCUT2D eigenvalue weighted by Gasteiger charge is 2.30. The van der Waals surface area contributed by atoms with Gasteiger partial charge >= 0.3 is 5.97 Å². The zero-order valence-corrected chi connectivity index (χ0v) is 17.6. The van der Waals surface area contributed by atoms with E-state index in [2.05, 4.69) is 45.0 Å². The molecule has 0 bridgehead atoms. The summed E-state index contributed by atoms with van der Waals surface area (Å²) in [5.41, 5.74) is 2.40. The first-order valence-corrected chi connectivity index (χ1v) is 11.2. The van der Waals surface area contributed by atoms with E-state index in [1.807, 2.05) is 4.90 Å². The van der Waals surface area contributed by atoms with Gasteiger partial charge in [-0.15, -0.1) is 0 Å². The first-order chi connectivity index (χ1) is 12.5. The fraction of sp³-hybridized carbons (Fsp3) is 0.650. The Kier molecular flexibility index (Phi) is 7.05. The standard InChI is InChI=1S/C20H32N2O4S/c1-5-27(25,26)22-12-10-18(11-13-22)21(15-19(23)24)14-16-6-8-17(9-7-16)20(2,3)4/h6-9,18H,5,10-15H2,1-4H3,(H,23,24). The minimum absolute atomic E-state index is 0.0355. The molecule has 0 atom stereocenters. The lowest BCUT2D eigenvalue weighted by Crippen LogP contribution is -2.48. The van der Waals surface area contributed by atoms with Crippen LogP contribution in [0.25, 0.3) is 0 Å². The summed E-state index contributed by atoms with van der Waals surface area (Å²) in [5, 5.41) is 9.31. The second-order valence-electron chi connectivity index (χ2n) is 8.28. The first-order valence-electron chi connectivity index (χ1n) is 9.56. The van der Waals surface area contributed by atoms with Crippen LogP contribution < -0.4 is 0 Å². The number of sulfonamides is 1. The molecule has 1 aliphatic heterocycles. The fourth-order valence-corrected chi connectivity index (χ4v) is 4.63. The molecule has 1 fully saturated rings. The van der Waals surface area contributed by atoms with Gasteiger partial charge in [-0.3, -0.25) is 9.69 Å². The molecule has 1 N–H and O–H groups in total. The highest BCUT2D eigenvalue weighted by molar-refractivity contribution is 7.89. The van der Waals surface area contributed by atoms with Crippen molar-refractivity contribution in [1.82, 2.24) is 9.21 Å². The van der Waals surface area contributed by atoms with Crippen LogP contribution in [0.1, 0.15) is 51.7 Å². The molecule has 1 heterocycles. The Morgan fingerprint density at radius 2 is 1.74 bits per heavy atom. The molecule has 1 saturated heterocycles. The molecule has 0 amide bonds. The van der Waals surface area contributed by atoms with Gasteiger partial charge in [0, 0.05) is 25.7 Å². The number of rotatable bonds is 7. The number of benzene rings is 1. The summed E-state index contributed by atoms with van der Waals surface area (Å²) in [6, 6.07) is 8.40. The summed E-state index contributed by atoms with van der Waals surface area (Å²) < 4.78 is 25.6. The lowest BCUT2D eigenvalue weighted by molar-refractivity contribution is -0.139. The molecule has 0 unspecified atom stereocenters. The lowest BCUT2D eigenvalue weighted by Gasteiger charge is -2.37. The van der Waals surface area contributed by atoms with Crippen molar-refractivity contribution in [2.75, 3.05) is 25.4 Å². The molecule has 0 spiro atoms. The predicted molar refractivity (Wildman–Crippen MR) is 107 cm³/mol. The molecule has 0 saturated carbocycles. The van der Waals surface area contributed by atoms with Crippen molar-refractivity contribution in [2.45, 2.75) is 58.5 Å². The summed E-state index contributed by atoms with van der Waals surface area (Å²) in [6.45, 7) is 9.58. The Labute approximate surface area is 163 Å². The topological polar surface area (TPSA) is 77.9 Å². The third kappa shape index (κ3) is 6.02. The van der Waals surface area contributed by atoms with Gasteiger partial charge in [0.2, 0.25) is 10.0 Å². The molecule has 0 radical (unpaired) electrons. The Hall–Kier alpha value is -1.44. The van der Waals surface area contributed by atoms with Gasteiger partial charge < -0.3 is 5.11 Å². The molecular formula is C20H32N2O4S. The third-order valence-electron chi connectivity index (χ3n) is 5.24. The van der Waals surface area contributed by atoms with Gasteiger partial charge in [-0.1, -0.05) is 45.0 Å². The number of hydrogen-bond acceptors (Lipinski definition) is 4. The molecule has 1 aliphatic rings. The van der Waals surface area contributed by atoms with Crippen molar-refractivity contribution in [2.24, 2.45) is 0 Å². The van der Waals surface area contributed by atoms with Gasteiger partial charge in [0.15, 0.2) is 0 Å². The van der Waals surface area contributed by atoms with E-state index < -0.39 is 16.0 Å². The van der Waals surface area contributed by atoms with Crippen LogP contribution in [0.5, 0.6) is 0 Å². The zero-order chi connectivity index (χ0) is 20.2. The van der Waals surface area contributed by atoms with Crippen molar-refractivity contribution in [3.63, 3.8) is 0 Å². The number of nitrogens with zero attached hydrogens (tertiary/aromatic N) is 2. The normalized spacial score (nSPS) is 17.4. The van der Waals surface area contributed by atoms with E-state index in [-0.39, 0.29) is 23.8 Å². The summed E-state index contributed by atoms with van der Waals surface area (Å²) in [5.74, 6) is -0.749. The Balaban J connectivity index is 2.07. The van der Waals surface area contributed by atoms with Crippen LogP contribution in [-0.2, 0) is 26.8 Å². The van der Waals surface area contributed by atoms with E-state index in [0.29, 0.717) is 32.5 Å². The van der Waals surface area contributed by atoms with Crippen LogP contribution in [0.2, 0.25) is 0 Å². The van der Waals surface area contributed by atoms with Gasteiger partial charge in [0.25, 0.3) is 0 Å². The van der Waals surface area contributed by atoms with Crippen molar-refractivity contribution in [3.8, 4) is 0 Å². The van der Waals surface area contributed by atoms with Crippen LogP contribution in [0.15, 0.2) is 24.3 Å². The number of aliphatic carboxylic acids is 1. The molecule has 1 aromatic carbocycles. The molecule has 152 valence electrons. The number of hydrogen-bond donors (Lipinski definition) is 1. The highest BCUT2D eigenvalue weighted by atomic mass is 32.2. The Morgan fingerprint density at radius 3 is 2.19 bits per heavy atom. The number of carboxylic acid groups (broad SMARTS) is 1. The van der Waals surface area contributed by atoms with E-state index in [0.717, 1.165) is 5.56 Å². The van der Waals surface area contributed by atoms with Crippen LogP contribution in [-0.4, -0.2) is 60.1 Å².